The number of benzene rings is 1. The maximum Gasteiger partial charge on any atom is 0.387 e. The van der Waals surface area contributed by atoms with Gasteiger partial charge in [0, 0.05) is 5.69 Å². The molecule has 0 unspecified atom stereocenters. The van der Waals surface area contributed by atoms with Gasteiger partial charge in [0.15, 0.2) is 5.76 Å². The number of ether oxygens (including phenoxy) is 1. The van der Waals surface area contributed by atoms with Gasteiger partial charge in [0.25, 0.3) is 11.1 Å². The average molecular weight is 381 g/mol. The predicted octanol–water partition coefficient (Wildman–Crippen LogP) is 4.05. The molecule has 1 aromatic carbocycles. The molecular formula is C16H13F2N3O4S. The Kier molecular flexibility index (Phi) is 5.52. The van der Waals surface area contributed by atoms with Gasteiger partial charge in [-0.25, -0.2) is 0 Å². The van der Waals surface area contributed by atoms with Crippen molar-refractivity contribution in [3.63, 3.8) is 0 Å². The van der Waals surface area contributed by atoms with E-state index in [-0.39, 0.29) is 22.8 Å². The minimum Gasteiger partial charge on any atom is -0.459 e. The SMILES string of the molecule is C[C@@H](Sc1nnc(-c2ccco2)o1)C(=O)Nc1ccc(OC(F)F)cc1. The van der Waals surface area contributed by atoms with Crippen LogP contribution in [0, 0.1) is 0 Å². The summed E-state index contributed by atoms with van der Waals surface area (Å²) >= 11 is 1.08. The maximum absolute atomic E-state index is 12.2. The lowest BCUT2D eigenvalue weighted by atomic mass is 10.3. The number of hydrogen-bond acceptors (Lipinski definition) is 7. The van der Waals surface area contributed by atoms with Crippen LogP contribution in [0.2, 0.25) is 0 Å². The summed E-state index contributed by atoms with van der Waals surface area (Å²) in [6, 6.07) is 8.99. The number of nitrogens with one attached hydrogen (secondary N) is 1. The zero-order chi connectivity index (χ0) is 18.5. The Bertz CT molecular complexity index is 853. The molecule has 0 bridgehead atoms. The third kappa shape index (κ3) is 4.60. The summed E-state index contributed by atoms with van der Waals surface area (Å²) in [6.45, 7) is -1.22. The van der Waals surface area contributed by atoms with E-state index in [0.29, 0.717) is 11.4 Å². The van der Waals surface area contributed by atoms with Crippen molar-refractivity contribution in [2.75, 3.05) is 5.32 Å². The Labute approximate surface area is 150 Å². The fourth-order valence-corrected chi connectivity index (χ4v) is 2.61. The Morgan fingerprint density at radius 1 is 1.23 bits per heavy atom. The molecule has 1 atom stereocenters. The highest BCUT2D eigenvalue weighted by Gasteiger charge is 2.19. The van der Waals surface area contributed by atoms with Crippen LogP contribution in [0.4, 0.5) is 14.5 Å². The number of halogens is 2. The van der Waals surface area contributed by atoms with Gasteiger partial charge in [-0.15, -0.1) is 10.2 Å². The summed E-state index contributed by atoms with van der Waals surface area (Å²) in [5.74, 6) is 0.360. The summed E-state index contributed by atoms with van der Waals surface area (Å²) in [4.78, 5) is 12.2. The van der Waals surface area contributed by atoms with Gasteiger partial charge in [-0.3, -0.25) is 4.79 Å². The number of nitrogens with zero attached hydrogens (tertiary/aromatic N) is 2. The van der Waals surface area contributed by atoms with Crippen LogP contribution in [-0.4, -0.2) is 28.0 Å². The van der Waals surface area contributed by atoms with Crippen molar-refractivity contribution in [3.8, 4) is 17.4 Å². The molecule has 1 amide bonds. The molecule has 0 aliphatic rings. The Morgan fingerprint density at radius 3 is 2.65 bits per heavy atom. The first-order chi connectivity index (χ1) is 12.5. The summed E-state index contributed by atoms with van der Waals surface area (Å²) in [5.41, 5.74) is 0.450. The molecule has 1 N–H and O–H groups in total. The van der Waals surface area contributed by atoms with Crippen molar-refractivity contribution in [1.29, 1.82) is 0 Å². The van der Waals surface area contributed by atoms with Crippen LogP contribution in [0.1, 0.15) is 6.92 Å². The molecule has 0 aliphatic heterocycles. The standard InChI is InChI=1S/C16H13F2N3O4S/c1-9(26-16-21-20-14(25-16)12-3-2-8-23-12)13(22)19-10-4-6-11(7-5-10)24-15(17)18/h2-9,15H,1H3,(H,19,22)/t9-/m1/s1. The fraction of sp³-hybridized carbons (Fsp3) is 0.188. The lowest BCUT2D eigenvalue weighted by molar-refractivity contribution is -0.115. The van der Waals surface area contributed by atoms with E-state index < -0.39 is 11.9 Å². The van der Waals surface area contributed by atoms with E-state index in [0.717, 1.165) is 11.8 Å². The van der Waals surface area contributed by atoms with Crippen LogP contribution < -0.4 is 10.1 Å². The van der Waals surface area contributed by atoms with Crippen molar-refractivity contribution in [2.24, 2.45) is 0 Å². The number of rotatable bonds is 7. The summed E-state index contributed by atoms with van der Waals surface area (Å²) < 4.78 is 39.1. The number of hydrogen-bond donors (Lipinski definition) is 1. The van der Waals surface area contributed by atoms with Crippen molar-refractivity contribution in [2.45, 2.75) is 24.0 Å². The highest BCUT2D eigenvalue weighted by molar-refractivity contribution is 8.00. The smallest absolute Gasteiger partial charge is 0.387 e. The topological polar surface area (TPSA) is 90.4 Å². The summed E-state index contributed by atoms with van der Waals surface area (Å²) in [7, 11) is 0. The molecule has 2 heterocycles. The minimum atomic E-state index is -2.90. The number of carbonyl (C=O) groups excluding carboxylic acids is 1. The van der Waals surface area contributed by atoms with Crippen molar-refractivity contribution in [3.05, 3.63) is 42.7 Å². The van der Waals surface area contributed by atoms with Gasteiger partial charge in [-0.05, 0) is 43.3 Å². The van der Waals surface area contributed by atoms with E-state index in [9.17, 15) is 13.6 Å². The van der Waals surface area contributed by atoms with E-state index in [1.54, 1.807) is 19.1 Å². The number of furan rings is 1. The first kappa shape index (κ1) is 17.9. The third-order valence-electron chi connectivity index (χ3n) is 3.13. The van der Waals surface area contributed by atoms with Crippen molar-refractivity contribution in [1.82, 2.24) is 10.2 Å². The average Bonchev–Trinajstić information content (AvgIpc) is 3.27. The Morgan fingerprint density at radius 2 is 2.00 bits per heavy atom. The summed E-state index contributed by atoms with van der Waals surface area (Å²) in [6.07, 6.45) is 1.49. The first-order valence-corrected chi connectivity index (χ1v) is 8.29. The summed E-state index contributed by atoms with van der Waals surface area (Å²) in [5, 5.41) is 10.1. The molecule has 0 spiro atoms. The van der Waals surface area contributed by atoms with E-state index in [2.05, 4.69) is 20.3 Å². The highest BCUT2D eigenvalue weighted by atomic mass is 32.2. The lowest BCUT2D eigenvalue weighted by Gasteiger charge is -2.10. The molecule has 10 heteroatoms. The van der Waals surface area contributed by atoms with Gasteiger partial charge in [-0.1, -0.05) is 11.8 Å². The van der Waals surface area contributed by atoms with Crippen LogP contribution in [0.3, 0.4) is 0 Å². The lowest BCUT2D eigenvalue weighted by Crippen LogP contribution is -2.22. The Hall–Kier alpha value is -2.88. The van der Waals surface area contributed by atoms with Crippen LogP contribution in [-0.2, 0) is 4.79 Å². The van der Waals surface area contributed by atoms with Gasteiger partial charge in [0.1, 0.15) is 5.75 Å². The van der Waals surface area contributed by atoms with E-state index in [1.165, 1.54) is 30.5 Å². The highest BCUT2D eigenvalue weighted by Crippen LogP contribution is 2.27. The van der Waals surface area contributed by atoms with Gasteiger partial charge in [0.2, 0.25) is 5.91 Å². The van der Waals surface area contributed by atoms with Crippen molar-refractivity contribution < 1.29 is 27.1 Å². The fourth-order valence-electron chi connectivity index (χ4n) is 1.93. The van der Waals surface area contributed by atoms with Gasteiger partial charge in [0.05, 0.1) is 11.5 Å². The number of aromatic nitrogens is 2. The molecule has 3 aromatic rings. The van der Waals surface area contributed by atoms with Gasteiger partial charge < -0.3 is 18.9 Å². The molecule has 0 saturated carbocycles. The molecule has 0 radical (unpaired) electrons. The number of anilines is 1. The van der Waals surface area contributed by atoms with Gasteiger partial charge >= 0.3 is 6.61 Å². The second kappa shape index (κ2) is 8.00. The number of alkyl halides is 2. The predicted molar refractivity (Wildman–Crippen MR) is 89.0 cm³/mol. The molecule has 0 saturated heterocycles. The largest absolute Gasteiger partial charge is 0.459 e. The second-order valence-electron chi connectivity index (χ2n) is 5.00. The monoisotopic (exact) mass is 381 g/mol. The molecule has 136 valence electrons. The van der Waals surface area contributed by atoms with Crippen LogP contribution >= 0.6 is 11.8 Å². The molecule has 7 nitrogen and oxygen atoms in total. The molecule has 0 aliphatic carbocycles. The maximum atomic E-state index is 12.2. The van der Waals surface area contributed by atoms with Crippen LogP contribution in [0.15, 0.2) is 56.7 Å². The number of amides is 1. The quantitative estimate of drug-likeness (QED) is 0.618. The first-order valence-electron chi connectivity index (χ1n) is 7.41. The third-order valence-corrected chi connectivity index (χ3v) is 4.07. The molecule has 26 heavy (non-hydrogen) atoms. The zero-order valence-corrected chi connectivity index (χ0v) is 14.2. The molecule has 0 fully saturated rings. The Balaban J connectivity index is 1.56. The van der Waals surface area contributed by atoms with Crippen LogP contribution in [0.25, 0.3) is 11.7 Å². The van der Waals surface area contributed by atoms with E-state index in [4.69, 9.17) is 8.83 Å². The number of thioether (sulfide) groups is 1. The number of carbonyl (C=O) groups is 1. The normalized spacial score (nSPS) is 12.2. The molecule has 3 rings (SSSR count). The van der Waals surface area contributed by atoms with E-state index in [1.807, 2.05) is 0 Å². The van der Waals surface area contributed by atoms with Gasteiger partial charge in [-0.2, -0.15) is 8.78 Å². The van der Waals surface area contributed by atoms with Crippen molar-refractivity contribution >= 4 is 23.4 Å². The second-order valence-corrected chi connectivity index (χ2v) is 6.29. The molecular weight excluding hydrogens is 368 g/mol. The van der Waals surface area contributed by atoms with Crippen LogP contribution in [0.5, 0.6) is 5.75 Å². The zero-order valence-electron chi connectivity index (χ0n) is 13.4. The molecule has 2 aromatic heterocycles. The van der Waals surface area contributed by atoms with E-state index >= 15 is 0 Å². The minimum absolute atomic E-state index is 0.0109.